The molecule has 0 aliphatic rings. The molecule has 3 amide bonds. The second kappa shape index (κ2) is 11.5. The van der Waals surface area contributed by atoms with Gasteiger partial charge in [0.25, 0.3) is 5.91 Å². The Labute approximate surface area is 192 Å². The minimum atomic E-state index is -0.237. The van der Waals surface area contributed by atoms with E-state index >= 15 is 0 Å². The molecule has 1 aromatic heterocycles. The highest BCUT2D eigenvalue weighted by Crippen LogP contribution is 2.15. The van der Waals surface area contributed by atoms with Crippen molar-refractivity contribution in [1.29, 1.82) is 0 Å². The van der Waals surface area contributed by atoms with Crippen LogP contribution in [0, 0.1) is 5.92 Å². The van der Waals surface area contributed by atoms with Crippen LogP contribution in [0.25, 0.3) is 0 Å². The largest absolute Gasteiger partial charge is 0.467 e. The van der Waals surface area contributed by atoms with E-state index < -0.39 is 0 Å². The van der Waals surface area contributed by atoms with Gasteiger partial charge < -0.3 is 25.7 Å². The lowest BCUT2D eigenvalue weighted by Crippen LogP contribution is -2.23. The SMILES string of the molecule is CC(C)CC(=O)Nc1ccc(NC(=O)CNc2cccc(C(=O)NCc3ccco3)c2)cc1. The van der Waals surface area contributed by atoms with Crippen molar-refractivity contribution in [3.63, 3.8) is 0 Å². The van der Waals surface area contributed by atoms with Gasteiger partial charge in [0.2, 0.25) is 11.8 Å². The van der Waals surface area contributed by atoms with Crippen LogP contribution < -0.4 is 21.3 Å². The summed E-state index contributed by atoms with van der Waals surface area (Å²) in [7, 11) is 0. The fourth-order valence-electron chi connectivity index (χ4n) is 3.06. The molecule has 3 rings (SSSR count). The molecule has 0 aliphatic carbocycles. The number of hydrogen-bond acceptors (Lipinski definition) is 5. The van der Waals surface area contributed by atoms with E-state index in [9.17, 15) is 14.4 Å². The molecule has 0 unspecified atom stereocenters. The highest BCUT2D eigenvalue weighted by Gasteiger charge is 2.09. The molecule has 0 spiro atoms. The van der Waals surface area contributed by atoms with Gasteiger partial charge in [0, 0.05) is 29.0 Å². The molecule has 33 heavy (non-hydrogen) atoms. The number of carbonyl (C=O) groups is 3. The van der Waals surface area contributed by atoms with Gasteiger partial charge in [-0.15, -0.1) is 0 Å². The zero-order valence-corrected chi connectivity index (χ0v) is 18.7. The Morgan fingerprint density at radius 1 is 0.848 bits per heavy atom. The number of anilines is 3. The molecule has 8 heteroatoms. The minimum Gasteiger partial charge on any atom is -0.467 e. The first-order valence-electron chi connectivity index (χ1n) is 10.7. The average Bonchev–Trinajstić information content (AvgIpc) is 3.31. The lowest BCUT2D eigenvalue weighted by molar-refractivity contribution is -0.117. The molecule has 3 aromatic rings. The molecule has 0 radical (unpaired) electrons. The number of carbonyl (C=O) groups excluding carboxylic acids is 3. The van der Waals surface area contributed by atoms with E-state index in [0.717, 1.165) is 0 Å². The van der Waals surface area contributed by atoms with E-state index in [1.54, 1.807) is 66.9 Å². The summed E-state index contributed by atoms with van der Waals surface area (Å²) in [5, 5.41) is 11.4. The molecule has 0 fully saturated rings. The lowest BCUT2D eigenvalue weighted by atomic mass is 10.1. The van der Waals surface area contributed by atoms with Crippen LogP contribution in [0.4, 0.5) is 17.1 Å². The van der Waals surface area contributed by atoms with Crippen LogP contribution in [0.1, 0.15) is 36.4 Å². The third-order valence-electron chi connectivity index (χ3n) is 4.63. The molecule has 2 aromatic carbocycles. The van der Waals surface area contributed by atoms with Gasteiger partial charge in [-0.3, -0.25) is 14.4 Å². The minimum absolute atomic E-state index is 0.0321. The Kier molecular flexibility index (Phi) is 8.24. The maximum absolute atomic E-state index is 12.3. The van der Waals surface area contributed by atoms with Gasteiger partial charge >= 0.3 is 0 Å². The quantitative estimate of drug-likeness (QED) is 0.371. The van der Waals surface area contributed by atoms with Gasteiger partial charge in [-0.05, 0) is 60.5 Å². The summed E-state index contributed by atoms with van der Waals surface area (Å²) < 4.78 is 5.20. The lowest BCUT2D eigenvalue weighted by Gasteiger charge is -2.11. The number of furan rings is 1. The zero-order valence-electron chi connectivity index (χ0n) is 18.7. The summed E-state index contributed by atoms with van der Waals surface area (Å²) in [5.41, 5.74) is 2.43. The van der Waals surface area contributed by atoms with Gasteiger partial charge in [-0.2, -0.15) is 0 Å². The summed E-state index contributed by atoms with van der Waals surface area (Å²) in [4.78, 5) is 36.5. The average molecular weight is 449 g/mol. The van der Waals surface area contributed by atoms with Crippen LogP contribution in [0.5, 0.6) is 0 Å². The van der Waals surface area contributed by atoms with Crippen LogP contribution in [-0.2, 0) is 16.1 Å². The van der Waals surface area contributed by atoms with E-state index in [-0.39, 0.29) is 30.2 Å². The van der Waals surface area contributed by atoms with Crippen LogP contribution in [0.15, 0.2) is 71.3 Å². The zero-order chi connectivity index (χ0) is 23.6. The van der Waals surface area contributed by atoms with Crippen LogP contribution in [-0.4, -0.2) is 24.3 Å². The monoisotopic (exact) mass is 448 g/mol. The van der Waals surface area contributed by atoms with Crippen LogP contribution >= 0.6 is 0 Å². The molecule has 0 saturated heterocycles. The molecule has 0 bridgehead atoms. The smallest absolute Gasteiger partial charge is 0.251 e. The fourth-order valence-corrected chi connectivity index (χ4v) is 3.06. The maximum Gasteiger partial charge on any atom is 0.251 e. The Hall–Kier alpha value is -4.07. The number of amides is 3. The summed E-state index contributed by atoms with van der Waals surface area (Å²) in [6.07, 6.45) is 2.01. The first kappa shape index (κ1) is 23.6. The van der Waals surface area contributed by atoms with Gasteiger partial charge in [-0.1, -0.05) is 19.9 Å². The van der Waals surface area contributed by atoms with Crippen molar-refractivity contribution < 1.29 is 18.8 Å². The van der Waals surface area contributed by atoms with E-state index in [1.807, 2.05) is 13.8 Å². The van der Waals surface area contributed by atoms with Crippen LogP contribution in [0.3, 0.4) is 0 Å². The predicted molar refractivity (Wildman–Crippen MR) is 128 cm³/mol. The highest BCUT2D eigenvalue weighted by atomic mass is 16.3. The summed E-state index contributed by atoms with van der Waals surface area (Å²) >= 11 is 0. The Morgan fingerprint density at radius 3 is 2.18 bits per heavy atom. The van der Waals surface area contributed by atoms with Crippen molar-refractivity contribution >= 4 is 34.8 Å². The summed E-state index contributed by atoms with van der Waals surface area (Å²) in [5.74, 6) is 0.440. The number of benzene rings is 2. The van der Waals surface area contributed by atoms with Gasteiger partial charge in [-0.25, -0.2) is 0 Å². The fraction of sp³-hybridized carbons (Fsp3) is 0.240. The van der Waals surface area contributed by atoms with Crippen molar-refractivity contribution in [1.82, 2.24) is 5.32 Å². The van der Waals surface area contributed by atoms with E-state index in [2.05, 4.69) is 21.3 Å². The van der Waals surface area contributed by atoms with Gasteiger partial charge in [0.15, 0.2) is 0 Å². The highest BCUT2D eigenvalue weighted by molar-refractivity contribution is 5.96. The van der Waals surface area contributed by atoms with Crippen molar-refractivity contribution in [2.75, 3.05) is 22.5 Å². The van der Waals surface area contributed by atoms with Gasteiger partial charge in [0.1, 0.15) is 5.76 Å². The summed E-state index contributed by atoms with van der Waals surface area (Å²) in [6, 6.07) is 17.4. The molecular formula is C25H28N4O4. The maximum atomic E-state index is 12.3. The van der Waals surface area contributed by atoms with Crippen molar-refractivity contribution in [3.05, 3.63) is 78.3 Å². The van der Waals surface area contributed by atoms with E-state index in [1.165, 1.54) is 0 Å². The molecule has 0 atom stereocenters. The third kappa shape index (κ3) is 7.84. The second-order valence-corrected chi connectivity index (χ2v) is 7.97. The van der Waals surface area contributed by atoms with Crippen molar-refractivity contribution in [2.45, 2.75) is 26.8 Å². The van der Waals surface area contributed by atoms with E-state index in [0.29, 0.717) is 41.4 Å². The van der Waals surface area contributed by atoms with Crippen LogP contribution in [0.2, 0.25) is 0 Å². The summed E-state index contributed by atoms with van der Waals surface area (Å²) in [6.45, 7) is 4.30. The molecule has 4 N–H and O–H groups in total. The predicted octanol–water partition coefficient (Wildman–Crippen LogP) is 4.24. The number of rotatable bonds is 10. The molecule has 0 saturated carbocycles. The molecule has 172 valence electrons. The van der Waals surface area contributed by atoms with Crippen molar-refractivity contribution in [2.24, 2.45) is 5.92 Å². The molecule has 8 nitrogen and oxygen atoms in total. The number of nitrogens with one attached hydrogen (secondary N) is 4. The third-order valence-corrected chi connectivity index (χ3v) is 4.63. The normalized spacial score (nSPS) is 10.5. The first-order chi connectivity index (χ1) is 15.9. The second-order valence-electron chi connectivity index (χ2n) is 7.97. The molecule has 1 heterocycles. The molecular weight excluding hydrogens is 420 g/mol. The number of hydrogen-bond donors (Lipinski definition) is 4. The Morgan fingerprint density at radius 2 is 1.55 bits per heavy atom. The standard InChI is InChI=1S/C25H28N4O4/c1-17(2)13-23(30)28-19-8-10-20(11-9-19)29-24(31)16-26-21-6-3-5-18(14-21)25(32)27-15-22-7-4-12-33-22/h3-12,14,17,26H,13,15-16H2,1-2H3,(H,27,32)(H,28,30)(H,29,31). The topological polar surface area (TPSA) is 112 Å². The van der Waals surface area contributed by atoms with Crippen molar-refractivity contribution in [3.8, 4) is 0 Å². The first-order valence-corrected chi connectivity index (χ1v) is 10.7. The van der Waals surface area contributed by atoms with Gasteiger partial charge in [0.05, 0.1) is 19.4 Å². The molecule has 0 aliphatic heterocycles. The Bertz CT molecular complexity index is 1080. The van der Waals surface area contributed by atoms with E-state index in [4.69, 9.17) is 4.42 Å². The Balaban J connectivity index is 1.46.